The number of rotatable bonds is 4. The Labute approximate surface area is 110 Å². The summed E-state index contributed by atoms with van der Waals surface area (Å²) in [5, 5.41) is 11.6. The number of ether oxygens (including phenoxy) is 1. The monoisotopic (exact) mass is 261 g/mol. The first-order valence-electron chi connectivity index (χ1n) is 6.05. The van der Waals surface area contributed by atoms with Crippen molar-refractivity contribution in [2.24, 2.45) is 0 Å². The first-order valence-corrected chi connectivity index (χ1v) is 6.05. The summed E-state index contributed by atoms with van der Waals surface area (Å²) in [6, 6.07) is 3.36. The summed E-state index contributed by atoms with van der Waals surface area (Å²) in [7, 11) is 0. The summed E-state index contributed by atoms with van der Waals surface area (Å²) in [4.78, 5) is 22.7. The maximum Gasteiger partial charge on any atom is 0.411 e. The molecule has 1 aromatic carbocycles. The van der Waals surface area contributed by atoms with Crippen LogP contribution in [0, 0.1) is 0 Å². The van der Waals surface area contributed by atoms with Crippen LogP contribution < -0.4 is 5.32 Å². The highest BCUT2D eigenvalue weighted by Crippen LogP contribution is 2.28. The zero-order valence-corrected chi connectivity index (χ0v) is 10.4. The predicted octanol–water partition coefficient (Wildman–Crippen LogP) is 2.61. The number of fused-ring (bicyclic) bond motifs is 1. The molecule has 5 heteroatoms. The van der Waals surface area contributed by atoms with Crippen LogP contribution in [0.5, 0.6) is 0 Å². The van der Waals surface area contributed by atoms with Gasteiger partial charge in [0.1, 0.15) is 6.61 Å². The average Bonchev–Trinajstić information content (AvgIpc) is 2.82. The van der Waals surface area contributed by atoms with Gasteiger partial charge in [-0.05, 0) is 42.5 Å². The van der Waals surface area contributed by atoms with Gasteiger partial charge in [-0.2, -0.15) is 0 Å². The molecule has 19 heavy (non-hydrogen) atoms. The SMILES string of the molecule is C=CCOC(=O)Nc1cc2c(cc1C(=O)O)CCC2. The summed E-state index contributed by atoms with van der Waals surface area (Å²) in [6.07, 6.45) is 3.57. The molecule has 1 aliphatic rings. The highest BCUT2D eigenvalue weighted by Gasteiger charge is 2.19. The van der Waals surface area contributed by atoms with Crippen molar-refractivity contribution in [1.82, 2.24) is 0 Å². The Balaban J connectivity index is 2.25. The van der Waals surface area contributed by atoms with Crippen LogP contribution in [0.25, 0.3) is 0 Å². The largest absolute Gasteiger partial charge is 0.478 e. The van der Waals surface area contributed by atoms with E-state index < -0.39 is 12.1 Å². The molecule has 100 valence electrons. The van der Waals surface area contributed by atoms with Crippen LogP contribution >= 0.6 is 0 Å². The Morgan fingerprint density at radius 3 is 2.68 bits per heavy atom. The number of amides is 1. The minimum Gasteiger partial charge on any atom is -0.478 e. The predicted molar refractivity (Wildman–Crippen MR) is 70.6 cm³/mol. The third kappa shape index (κ3) is 2.93. The Bertz CT molecular complexity index is 536. The second kappa shape index (κ2) is 5.56. The summed E-state index contributed by atoms with van der Waals surface area (Å²) < 4.78 is 4.79. The van der Waals surface area contributed by atoms with Crippen LogP contribution in [0.4, 0.5) is 10.5 Å². The number of carboxylic acids is 1. The molecule has 0 saturated carbocycles. The fourth-order valence-corrected chi connectivity index (χ4v) is 2.19. The Kier molecular flexibility index (Phi) is 3.85. The number of hydrogen-bond donors (Lipinski definition) is 2. The van der Waals surface area contributed by atoms with Crippen molar-refractivity contribution >= 4 is 17.7 Å². The number of hydrogen-bond acceptors (Lipinski definition) is 3. The molecule has 0 spiro atoms. The maximum atomic E-state index is 11.5. The number of carbonyl (C=O) groups excluding carboxylic acids is 1. The zero-order chi connectivity index (χ0) is 13.8. The van der Waals surface area contributed by atoms with Gasteiger partial charge in [-0.15, -0.1) is 0 Å². The third-order valence-corrected chi connectivity index (χ3v) is 3.03. The molecular formula is C14H15NO4. The number of anilines is 1. The number of aryl methyl sites for hydroxylation is 2. The van der Waals surface area contributed by atoms with Gasteiger partial charge in [0, 0.05) is 0 Å². The molecule has 1 aromatic rings. The standard InChI is InChI=1S/C14H15NO4/c1-2-6-19-14(18)15-12-8-10-5-3-4-9(10)7-11(12)13(16)17/h2,7-8H,1,3-6H2,(H,15,18)(H,16,17). The van der Waals surface area contributed by atoms with Crippen molar-refractivity contribution in [3.63, 3.8) is 0 Å². The van der Waals surface area contributed by atoms with E-state index in [0.717, 1.165) is 30.4 Å². The molecule has 1 aliphatic carbocycles. The van der Waals surface area contributed by atoms with Crippen molar-refractivity contribution in [3.8, 4) is 0 Å². The van der Waals surface area contributed by atoms with Gasteiger partial charge in [0.2, 0.25) is 0 Å². The minimum absolute atomic E-state index is 0.0825. The number of nitrogens with one attached hydrogen (secondary N) is 1. The van der Waals surface area contributed by atoms with E-state index in [1.807, 2.05) is 0 Å². The van der Waals surface area contributed by atoms with Crippen LogP contribution in [0.3, 0.4) is 0 Å². The molecule has 0 unspecified atom stereocenters. The molecule has 0 aliphatic heterocycles. The van der Waals surface area contributed by atoms with Crippen LogP contribution in [0.2, 0.25) is 0 Å². The Morgan fingerprint density at radius 1 is 1.37 bits per heavy atom. The van der Waals surface area contributed by atoms with Gasteiger partial charge < -0.3 is 9.84 Å². The molecular weight excluding hydrogens is 246 g/mol. The molecule has 0 fully saturated rings. The summed E-state index contributed by atoms with van der Waals surface area (Å²) in [6.45, 7) is 3.52. The first kappa shape index (κ1) is 13.1. The molecule has 1 amide bonds. The molecule has 0 radical (unpaired) electrons. The Hall–Kier alpha value is -2.30. The van der Waals surface area contributed by atoms with Crippen LogP contribution in [-0.2, 0) is 17.6 Å². The van der Waals surface area contributed by atoms with E-state index in [1.54, 1.807) is 12.1 Å². The molecule has 2 rings (SSSR count). The van der Waals surface area contributed by atoms with Gasteiger partial charge in [0.15, 0.2) is 0 Å². The first-order chi connectivity index (χ1) is 9.11. The normalized spacial score (nSPS) is 12.6. The minimum atomic E-state index is -1.06. The second-order valence-electron chi connectivity index (χ2n) is 4.34. The van der Waals surface area contributed by atoms with E-state index in [4.69, 9.17) is 4.74 Å². The summed E-state index contributed by atoms with van der Waals surface area (Å²) >= 11 is 0. The van der Waals surface area contributed by atoms with Gasteiger partial charge in [-0.1, -0.05) is 12.7 Å². The lowest BCUT2D eigenvalue weighted by molar-refractivity contribution is 0.0698. The molecule has 0 atom stereocenters. The highest BCUT2D eigenvalue weighted by atomic mass is 16.5. The lowest BCUT2D eigenvalue weighted by Gasteiger charge is -2.11. The fraction of sp³-hybridized carbons (Fsp3) is 0.286. The number of carbonyl (C=O) groups is 2. The van der Waals surface area contributed by atoms with Crippen LogP contribution in [0.15, 0.2) is 24.8 Å². The lowest BCUT2D eigenvalue weighted by Crippen LogP contribution is -2.16. The molecule has 0 saturated heterocycles. The van der Waals surface area contributed by atoms with Crippen molar-refractivity contribution in [2.75, 3.05) is 11.9 Å². The molecule has 2 N–H and O–H groups in total. The van der Waals surface area contributed by atoms with Crippen LogP contribution in [0.1, 0.15) is 27.9 Å². The number of aromatic carboxylic acids is 1. The van der Waals surface area contributed by atoms with Crippen molar-refractivity contribution in [2.45, 2.75) is 19.3 Å². The average molecular weight is 261 g/mol. The van der Waals surface area contributed by atoms with E-state index in [-0.39, 0.29) is 17.9 Å². The van der Waals surface area contributed by atoms with Gasteiger partial charge in [-0.25, -0.2) is 9.59 Å². The number of benzene rings is 1. The smallest absolute Gasteiger partial charge is 0.411 e. The number of carboxylic acid groups (broad SMARTS) is 1. The van der Waals surface area contributed by atoms with Crippen molar-refractivity contribution in [3.05, 3.63) is 41.5 Å². The van der Waals surface area contributed by atoms with Gasteiger partial charge in [0.05, 0.1) is 11.3 Å². The van der Waals surface area contributed by atoms with E-state index in [0.29, 0.717) is 0 Å². The fourth-order valence-electron chi connectivity index (χ4n) is 2.19. The molecule has 5 nitrogen and oxygen atoms in total. The molecule has 0 aromatic heterocycles. The Morgan fingerprint density at radius 2 is 2.05 bits per heavy atom. The van der Waals surface area contributed by atoms with E-state index in [9.17, 15) is 14.7 Å². The summed E-state index contributed by atoms with van der Waals surface area (Å²) in [5.41, 5.74) is 2.50. The highest BCUT2D eigenvalue weighted by molar-refractivity contribution is 5.99. The summed E-state index contributed by atoms with van der Waals surface area (Å²) in [5.74, 6) is -1.06. The lowest BCUT2D eigenvalue weighted by atomic mass is 10.0. The topological polar surface area (TPSA) is 75.6 Å². The van der Waals surface area contributed by atoms with Crippen LogP contribution in [-0.4, -0.2) is 23.8 Å². The van der Waals surface area contributed by atoms with Crippen molar-refractivity contribution in [1.29, 1.82) is 0 Å². The van der Waals surface area contributed by atoms with Crippen molar-refractivity contribution < 1.29 is 19.4 Å². The van der Waals surface area contributed by atoms with Gasteiger partial charge in [-0.3, -0.25) is 5.32 Å². The molecule has 0 heterocycles. The van der Waals surface area contributed by atoms with E-state index >= 15 is 0 Å². The third-order valence-electron chi connectivity index (χ3n) is 3.03. The van der Waals surface area contributed by atoms with Gasteiger partial charge >= 0.3 is 12.1 Å². The maximum absolute atomic E-state index is 11.5. The van der Waals surface area contributed by atoms with Gasteiger partial charge in [0.25, 0.3) is 0 Å². The zero-order valence-electron chi connectivity index (χ0n) is 10.4. The second-order valence-corrected chi connectivity index (χ2v) is 4.34. The van der Waals surface area contributed by atoms with E-state index in [1.165, 1.54) is 6.08 Å². The molecule has 0 bridgehead atoms. The quantitative estimate of drug-likeness (QED) is 0.817. The van der Waals surface area contributed by atoms with E-state index in [2.05, 4.69) is 11.9 Å².